The van der Waals surface area contributed by atoms with Gasteiger partial charge in [0.25, 0.3) is 0 Å². The van der Waals surface area contributed by atoms with Gasteiger partial charge < -0.3 is 10.2 Å². The zero-order valence-corrected chi connectivity index (χ0v) is 19.6. The Morgan fingerprint density at radius 2 is 1.81 bits per heavy atom. The van der Waals surface area contributed by atoms with E-state index >= 15 is 0 Å². The van der Waals surface area contributed by atoms with Crippen LogP contribution < -0.4 is 5.32 Å². The van der Waals surface area contributed by atoms with Crippen LogP contribution in [0.5, 0.6) is 0 Å². The number of aryl methyl sites for hydroxylation is 1. The summed E-state index contributed by atoms with van der Waals surface area (Å²) in [4.78, 5) is 28.2. The number of halogens is 2. The third-order valence-electron chi connectivity index (χ3n) is 6.20. The molecule has 32 heavy (non-hydrogen) atoms. The summed E-state index contributed by atoms with van der Waals surface area (Å²) < 4.78 is 14.4. The van der Waals surface area contributed by atoms with E-state index in [4.69, 9.17) is 11.6 Å². The summed E-state index contributed by atoms with van der Waals surface area (Å²) in [5.41, 5.74) is 2.20. The second kappa shape index (κ2) is 11.5. The molecule has 0 saturated heterocycles. The van der Waals surface area contributed by atoms with Crippen molar-refractivity contribution in [3.05, 3.63) is 70.0 Å². The molecule has 1 aliphatic carbocycles. The lowest BCUT2D eigenvalue weighted by Gasteiger charge is -2.33. The summed E-state index contributed by atoms with van der Waals surface area (Å²) in [6.07, 6.45) is 5.65. The molecule has 4 nitrogen and oxygen atoms in total. The summed E-state index contributed by atoms with van der Waals surface area (Å²) >= 11 is 6.17. The van der Waals surface area contributed by atoms with Crippen molar-refractivity contribution in [2.45, 2.75) is 77.4 Å². The number of nitrogens with one attached hydrogen (secondary N) is 1. The minimum absolute atomic E-state index is 0.139. The lowest BCUT2D eigenvalue weighted by molar-refractivity contribution is -0.141. The van der Waals surface area contributed by atoms with Crippen molar-refractivity contribution in [1.82, 2.24) is 10.2 Å². The van der Waals surface area contributed by atoms with E-state index in [1.807, 2.05) is 38.1 Å². The van der Waals surface area contributed by atoms with E-state index in [-0.39, 0.29) is 41.4 Å². The summed E-state index contributed by atoms with van der Waals surface area (Å²) in [5, 5.41) is 3.37. The second-order valence-corrected chi connectivity index (χ2v) is 9.06. The fourth-order valence-corrected chi connectivity index (χ4v) is 4.54. The maximum absolute atomic E-state index is 14.4. The predicted octanol–water partition coefficient (Wildman–Crippen LogP) is 5.59. The van der Waals surface area contributed by atoms with E-state index in [0.29, 0.717) is 6.42 Å². The highest BCUT2D eigenvalue weighted by Crippen LogP contribution is 2.23. The Bertz CT molecular complexity index is 906. The third-order valence-corrected chi connectivity index (χ3v) is 6.55. The van der Waals surface area contributed by atoms with Gasteiger partial charge >= 0.3 is 0 Å². The van der Waals surface area contributed by atoms with E-state index in [1.165, 1.54) is 18.6 Å². The molecule has 6 heteroatoms. The minimum Gasteiger partial charge on any atom is -0.352 e. The van der Waals surface area contributed by atoms with Crippen LogP contribution in [0.25, 0.3) is 0 Å². The lowest BCUT2D eigenvalue weighted by Crippen LogP contribution is -2.52. The van der Waals surface area contributed by atoms with Gasteiger partial charge in [-0.1, -0.05) is 73.7 Å². The van der Waals surface area contributed by atoms with Crippen LogP contribution >= 0.6 is 11.6 Å². The number of benzene rings is 2. The van der Waals surface area contributed by atoms with Gasteiger partial charge in [-0.2, -0.15) is 0 Å². The molecule has 1 fully saturated rings. The van der Waals surface area contributed by atoms with E-state index in [9.17, 15) is 14.0 Å². The van der Waals surface area contributed by atoms with Gasteiger partial charge in [-0.05, 0) is 43.9 Å². The summed E-state index contributed by atoms with van der Waals surface area (Å²) in [5.74, 6) is -0.969. The average Bonchev–Trinajstić information content (AvgIpc) is 2.78. The zero-order valence-electron chi connectivity index (χ0n) is 18.9. The molecule has 1 atom stereocenters. The molecule has 0 aliphatic heterocycles. The van der Waals surface area contributed by atoms with E-state index in [1.54, 1.807) is 11.0 Å². The first-order valence-electron chi connectivity index (χ1n) is 11.5. The van der Waals surface area contributed by atoms with Crippen LogP contribution in [-0.4, -0.2) is 28.8 Å². The number of hydrogen-bond acceptors (Lipinski definition) is 2. The van der Waals surface area contributed by atoms with Gasteiger partial charge in [0.15, 0.2) is 0 Å². The van der Waals surface area contributed by atoms with Crippen LogP contribution in [0.15, 0.2) is 42.5 Å². The Hall–Kier alpha value is -2.40. The molecule has 0 radical (unpaired) electrons. The Balaban J connectivity index is 1.84. The van der Waals surface area contributed by atoms with Crippen LogP contribution in [0.2, 0.25) is 5.02 Å². The molecule has 0 bridgehead atoms. The van der Waals surface area contributed by atoms with E-state index < -0.39 is 11.9 Å². The zero-order chi connectivity index (χ0) is 23.1. The molecule has 2 aromatic carbocycles. The van der Waals surface area contributed by atoms with Crippen LogP contribution in [0, 0.1) is 12.7 Å². The molecular formula is C26H32ClFN2O2. The van der Waals surface area contributed by atoms with Gasteiger partial charge in [0, 0.05) is 23.2 Å². The lowest BCUT2D eigenvalue weighted by atomic mass is 9.95. The highest BCUT2D eigenvalue weighted by atomic mass is 35.5. The Kier molecular flexibility index (Phi) is 8.68. The molecule has 2 aromatic rings. The molecule has 3 rings (SSSR count). The second-order valence-electron chi connectivity index (χ2n) is 8.65. The number of carbonyl (C=O) groups excluding carboxylic acids is 2. The van der Waals surface area contributed by atoms with Gasteiger partial charge in [-0.3, -0.25) is 9.59 Å². The highest BCUT2D eigenvalue weighted by molar-refractivity contribution is 6.31. The van der Waals surface area contributed by atoms with Crippen molar-refractivity contribution >= 4 is 23.4 Å². The average molecular weight is 459 g/mol. The van der Waals surface area contributed by atoms with E-state index in [0.717, 1.165) is 36.8 Å². The summed E-state index contributed by atoms with van der Waals surface area (Å²) in [6, 6.07) is 11.8. The molecule has 0 unspecified atom stereocenters. The van der Waals surface area contributed by atoms with Gasteiger partial charge in [-0.25, -0.2) is 4.39 Å². The first-order valence-corrected chi connectivity index (χ1v) is 11.8. The number of amides is 2. The molecular weight excluding hydrogens is 427 g/mol. The van der Waals surface area contributed by atoms with Crippen LogP contribution in [0.1, 0.15) is 62.1 Å². The molecule has 0 heterocycles. The predicted molar refractivity (Wildman–Crippen MR) is 126 cm³/mol. The van der Waals surface area contributed by atoms with Gasteiger partial charge in [0.1, 0.15) is 11.9 Å². The van der Waals surface area contributed by atoms with Crippen molar-refractivity contribution in [2.75, 3.05) is 0 Å². The maximum Gasteiger partial charge on any atom is 0.243 e. The summed E-state index contributed by atoms with van der Waals surface area (Å²) in [7, 11) is 0. The topological polar surface area (TPSA) is 49.4 Å². The normalized spacial score (nSPS) is 15.2. The third kappa shape index (κ3) is 6.32. The maximum atomic E-state index is 14.4. The molecule has 172 valence electrons. The minimum atomic E-state index is -0.628. The van der Waals surface area contributed by atoms with Gasteiger partial charge in [0.2, 0.25) is 11.8 Å². The Labute approximate surface area is 195 Å². The van der Waals surface area contributed by atoms with Crippen molar-refractivity contribution in [3.8, 4) is 0 Å². The van der Waals surface area contributed by atoms with E-state index in [2.05, 4.69) is 5.32 Å². The fraction of sp³-hybridized carbons (Fsp3) is 0.462. The molecule has 0 aromatic heterocycles. The molecule has 1 saturated carbocycles. The molecule has 1 aliphatic rings. The number of rotatable bonds is 8. The Morgan fingerprint density at radius 3 is 2.44 bits per heavy atom. The van der Waals surface area contributed by atoms with Crippen molar-refractivity contribution < 1.29 is 14.0 Å². The SMILES string of the molecule is CC[C@H](C(=O)NC1CCCCC1)N(Cc1ccc(C)cc1)C(=O)Cc1c(F)cccc1Cl. The first kappa shape index (κ1) is 24.2. The molecule has 2 amide bonds. The fourth-order valence-electron chi connectivity index (χ4n) is 4.31. The Morgan fingerprint density at radius 1 is 1.12 bits per heavy atom. The highest BCUT2D eigenvalue weighted by Gasteiger charge is 2.31. The van der Waals surface area contributed by atoms with Crippen LogP contribution in [0.4, 0.5) is 4.39 Å². The van der Waals surface area contributed by atoms with Gasteiger partial charge in [-0.15, -0.1) is 0 Å². The smallest absolute Gasteiger partial charge is 0.243 e. The van der Waals surface area contributed by atoms with Crippen LogP contribution in [0.3, 0.4) is 0 Å². The quantitative estimate of drug-likeness (QED) is 0.560. The summed E-state index contributed by atoms with van der Waals surface area (Å²) in [6.45, 7) is 4.18. The van der Waals surface area contributed by atoms with Crippen LogP contribution in [-0.2, 0) is 22.6 Å². The number of hydrogen-bond donors (Lipinski definition) is 1. The number of nitrogens with zero attached hydrogens (tertiary/aromatic N) is 1. The van der Waals surface area contributed by atoms with Crippen molar-refractivity contribution in [3.63, 3.8) is 0 Å². The monoisotopic (exact) mass is 458 g/mol. The largest absolute Gasteiger partial charge is 0.352 e. The standard InChI is InChI=1S/C26H32ClFN2O2/c1-3-24(26(32)29-20-8-5-4-6-9-20)30(17-19-14-12-18(2)13-15-19)25(31)16-21-22(27)10-7-11-23(21)28/h7,10-15,20,24H,3-6,8-9,16-17H2,1-2H3,(H,29,32)/t24-/m1/s1. The van der Waals surface area contributed by atoms with Crippen molar-refractivity contribution in [2.24, 2.45) is 0 Å². The first-order chi connectivity index (χ1) is 15.4. The molecule has 0 spiro atoms. The van der Waals surface area contributed by atoms with Crippen molar-refractivity contribution in [1.29, 1.82) is 0 Å². The van der Waals surface area contributed by atoms with Gasteiger partial charge in [0.05, 0.1) is 6.42 Å². The number of carbonyl (C=O) groups is 2. The molecule has 1 N–H and O–H groups in total.